The minimum atomic E-state index is -4.56. The summed E-state index contributed by atoms with van der Waals surface area (Å²) in [5.41, 5.74) is 13.5. The van der Waals surface area contributed by atoms with Crippen LogP contribution in [0.2, 0.25) is 0 Å². The van der Waals surface area contributed by atoms with Gasteiger partial charge in [0.25, 0.3) is 0 Å². The SMILES string of the molecule is C.C.CN1CCC(n2cc(Cc3ncc(C(F)(F)F)c(CCc4ccccc4CC(N)=O)n3)cn2)CC1.NC(=O)Cc1ccccc1CCc1nc(Cc2cnn(C3CCNCC3)c2)ncc1C(F)(F)F. The van der Waals surface area contributed by atoms with Crippen LogP contribution in [-0.4, -0.2) is 89.4 Å². The van der Waals surface area contributed by atoms with Gasteiger partial charge in [0.1, 0.15) is 11.6 Å². The third-order valence-electron chi connectivity index (χ3n) is 12.5. The van der Waals surface area contributed by atoms with E-state index in [9.17, 15) is 35.9 Å². The second-order valence-corrected chi connectivity index (χ2v) is 17.6. The quantitative estimate of drug-likeness (QED) is 0.0813. The topological polar surface area (TPSA) is 189 Å². The van der Waals surface area contributed by atoms with Crippen LogP contribution in [-0.2, 0) is 73.3 Å². The lowest BCUT2D eigenvalue weighted by atomic mass is 9.98. The van der Waals surface area contributed by atoms with Crippen LogP contribution in [0, 0.1) is 0 Å². The number of hydrogen-bond acceptors (Lipinski definition) is 10. The van der Waals surface area contributed by atoms with E-state index in [-0.39, 0.29) is 51.9 Å². The number of piperidine rings is 2. The van der Waals surface area contributed by atoms with E-state index in [1.165, 1.54) is 0 Å². The van der Waals surface area contributed by atoms with E-state index in [0.717, 1.165) is 86.5 Å². The number of nitrogens with two attached hydrogens (primary N) is 2. The van der Waals surface area contributed by atoms with Gasteiger partial charge in [0, 0.05) is 37.6 Å². The van der Waals surface area contributed by atoms with Crippen molar-refractivity contribution in [3.63, 3.8) is 0 Å². The van der Waals surface area contributed by atoms with Crippen molar-refractivity contribution in [3.8, 4) is 0 Å². The highest BCUT2D eigenvalue weighted by atomic mass is 19.4. The molecule has 0 atom stereocenters. The molecule has 2 aliphatic rings. The monoisotopic (exact) mass is 991 g/mol. The number of amides is 2. The Morgan fingerprint density at radius 2 is 1.00 bits per heavy atom. The van der Waals surface area contributed by atoms with Crippen LogP contribution in [0.4, 0.5) is 26.3 Å². The summed E-state index contributed by atoms with van der Waals surface area (Å²) in [6.45, 7) is 3.89. The van der Waals surface area contributed by atoms with Gasteiger partial charge in [0.15, 0.2) is 0 Å². The second-order valence-electron chi connectivity index (χ2n) is 17.6. The number of aromatic nitrogens is 8. The first-order valence-electron chi connectivity index (χ1n) is 23.0. The van der Waals surface area contributed by atoms with Gasteiger partial charge >= 0.3 is 12.4 Å². The van der Waals surface area contributed by atoms with E-state index in [1.807, 2.05) is 21.8 Å². The van der Waals surface area contributed by atoms with E-state index in [0.29, 0.717) is 60.5 Å². The van der Waals surface area contributed by atoms with Crippen molar-refractivity contribution in [2.75, 3.05) is 33.2 Å². The van der Waals surface area contributed by atoms with Crippen LogP contribution in [0.5, 0.6) is 0 Å². The summed E-state index contributed by atoms with van der Waals surface area (Å²) in [5, 5.41) is 12.2. The van der Waals surface area contributed by atoms with Crippen molar-refractivity contribution in [3.05, 3.63) is 153 Å². The number of hydrogen-bond donors (Lipinski definition) is 3. The van der Waals surface area contributed by atoms with Gasteiger partial charge in [-0.05, 0) is 118 Å². The van der Waals surface area contributed by atoms with Crippen molar-refractivity contribution in [2.45, 2.75) is 116 Å². The zero-order valence-corrected chi connectivity index (χ0v) is 38.3. The summed E-state index contributed by atoms with van der Waals surface area (Å²) in [6, 6.07) is 14.9. The normalized spacial score (nSPS) is 14.7. The highest BCUT2D eigenvalue weighted by Crippen LogP contribution is 2.33. The molecule has 0 aliphatic carbocycles. The first kappa shape index (κ1) is 55.4. The minimum absolute atomic E-state index is 0. The summed E-state index contributed by atoms with van der Waals surface area (Å²) in [6.07, 6.45) is 5.36. The van der Waals surface area contributed by atoms with Gasteiger partial charge in [-0.25, -0.2) is 19.9 Å². The van der Waals surface area contributed by atoms with Crippen LogP contribution < -0.4 is 16.8 Å². The van der Waals surface area contributed by atoms with E-state index in [4.69, 9.17) is 11.5 Å². The summed E-state index contributed by atoms with van der Waals surface area (Å²) in [4.78, 5) is 41.6. The molecule has 0 spiro atoms. The fraction of sp³-hybridized carbons (Fsp3) is 0.451. The molecular weight excluding hydrogens is 927 g/mol. The van der Waals surface area contributed by atoms with Gasteiger partial charge in [-0.2, -0.15) is 36.5 Å². The second kappa shape index (κ2) is 25.0. The zero-order chi connectivity index (χ0) is 49.1. The van der Waals surface area contributed by atoms with Crippen molar-refractivity contribution < 1.29 is 35.9 Å². The molecule has 14 nitrogen and oxygen atoms in total. The molecule has 2 amide bonds. The molecule has 2 aromatic carbocycles. The van der Waals surface area contributed by atoms with E-state index < -0.39 is 35.3 Å². The van der Waals surface area contributed by atoms with Crippen molar-refractivity contribution >= 4 is 11.8 Å². The number of alkyl halides is 6. The van der Waals surface area contributed by atoms with E-state index in [1.54, 1.807) is 60.9 Å². The van der Waals surface area contributed by atoms with Gasteiger partial charge in [-0.3, -0.25) is 19.0 Å². The lowest BCUT2D eigenvalue weighted by Gasteiger charge is -2.28. The molecule has 20 heteroatoms. The fourth-order valence-corrected chi connectivity index (χ4v) is 8.80. The molecule has 5 N–H and O–H groups in total. The molecule has 6 heterocycles. The van der Waals surface area contributed by atoms with Crippen LogP contribution in [0.1, 0.15) is 120 Å². The molecule has 6 aromatic rings. The number of aryl methyl sites for hydroxylation is 4. The number of likely N-dealkylation sites (tertiary alicyclic amines) is 1. The standard InChI is InChI=1S/C25H29F3N6O.C24H27F3N6O.2CH4/c1-33-10-8-20(9-11-33)34-16-17(14-31-34)12-24-30-15-21(25(26,27)28)22(32-24)7-6-18-4-2-3-5-19(18)13-23(29)35;25-24(26,27)20-14-30-23(11-16-13-31-33(15-16)19-7-9-29-10-8-19)32-21(20)6-5-17-3-1-2-4-18(17)12-22(28)34;;/h2-5,14-16,20H,6-13H2,1H3,(H2,29,35);1-4,13-15,19,29H,5-12H2,(H2,28,34);2*1H4. The van der Waals surface area contributed by atoms with Crippen LogP contribution in [0.3, 0.4) is 0 Å². The summed E-state index contributed by atoms with van der Waals surface area (Å²) in [5.74, 6) is -0.337. The van der Waals surface area contributed by atoms with Crippen LogP contribution in [0.15, 0.2) is 85.7 Å². The Morgan fingerprint density at radius 3 is 1.39 bits per heavy atom. The Balaban J connectivity index is 0.000000257. The average molecular weight is 991 g/mol. The van der Waals surface area contributed by atoms with E-state index >= 15 is 0 Å². The largest absolute Gasteiger partial charge is 0.419 e. The molecule has 0 radical (unpaired) electrons. The van der Waals surface area contributed by atoms with Crippen molar-refractivity contribution in [1.82, 2.24) is 49.7 Å². The average Bonchev–Trinajstić information content (AvgIpc) is 3.98. The molecule has 382 valence electrons. The van der Waals surface area contributed by atoms with Crippen LogP contribution in [0.25, 0.3) is 0 Å². The predicted molar refractivity (Wildman–Crippen MR) is 258 cm³/mol. The van der Waals surface area contributed by atoms with Crippen molar-refractivity contribution in [1.29, 1.82) is 0 Å². The summed E-state index contributed by atoms with van der Waals surface area (Å²) < 4.78 is 85.8. The van der Waals surface area contributed by atoms with Gasteiger partial charge in [0.2, 0.25) is 11.8 Å². The molecule has 2 aliphatic heterocycles. The molecular formula is C51H64F6N12O2. The number of benzene rings is 2. The minimum Gasteiger partial charge on any atom is -0.369 e. The Hall–Kier alpha value is -6.54. The molecule has 4 aromatic heterocycles. The lowest BCUT2D eigenvalue weighted by molar-refractivity contribution is -0.139. The molecule has 0 bridgehead atoms. The lowest BCUT2D eigenvalue weighted by Crippen LogP contribution is -2.31. The number of primary amides is 2. The summed E-state index contributed by atoms with van der Waals surface area (Å²) >= 11 is 0. The van der Waals surface area contributed by atoms with Gasteiger partial charge < -0.3 is 21.7 Å². The van der Waals surface area contributed by atoms with Crippen LogP contribution >= 0.6 is 0 Å². The molecule has 2 fully saturated rings. The van der Waals surface area contributed by atoms with Gasteiger partial charge in [0.05, 0.1) is 59.8 Å². The Kier molecular flexibility index (Phi) is 19.5. The number of halogens is 6. The highest BCUT2D eigenvalue weighted by molar-refractivity contribution is 5.77. The number of carbonyl (C=O) groups excluding carboxylic acids is 2. The number of nitrogens with zero attached hydrogens (tertiary/aromatic N) is 9. The number of nitrogens with one attached hydrogen (secondary N) is 1. The Morgan fingerprint density at radius 1 is 0.606 bits per heavy atom. The fourth-order valence-electron chi connectivity index (χ4n) is 8.80. The third-order valence-corrected chi connectivity index (χ3v) is 12.5. The smallest absolute Gasteiger partial charge is 0.369 e. The van der Waals surface area contributed by atoms with Gasteiger partial charge in [-0.15, -0.1) is 0 Å². The molecule has 71 heavy (non-hydrogen) atoms. The zero-order valence-electron chi connectivity index (χ0n) is 38.3. The van der Waals surface area contributed by atoms with E-state index in [2.05, 4.69) is 47.4 Å². The predicted octanol–water partition coefficient (Wildman–Crippen LogP) is 7.65. The van der Waals surface area contributed by atoms with Gasteiger partial charge in [-0.1, -0.05) is 63.4 Å². The maximum Gasteiger partial charge on any atom is 0.419 e. The first-order valence-corrected chi connectivity index (χ1v) is 23.0. The molecule has 0 saturated carbocycles. The molecule has 0 unspecified atom stereocenters. The molecule has 8 rings (SSSR count). The molecule has 2 saturated heterocycles. The Bertz CT molecular complexity index is 2670. The third kappa shape index (κ3) is 15.7. The number of rotatable bonds is 16. The van der Waals surface area contributed by atoms with Crippen molar-refractivity contribution in [2.24, 2.45) is 11.5 Å². The number of carbonyl (C=O) groups is 2. The maximum absolute atomic E-state index is 13.7. The Labute approximate surface area is 410 Å². The maximum atomic E-state index is 13.7. The highest BCUT2D eigenvalue weighted by Gasteiger charge is 2.36. The summed E-state index contributed by atoms with van der Waals surface area (Å²) in [7, 11) is 2.10. The first-order chi connectivity index (χ1) is 33.0.